The molecular formula is C21H16ClFN2. The van der Waals surface area contributed by atoms with Crippen LogP contribution in [-0.4, -0.2) is 5.71 Å². The molecule has 1 heterocycles. The lowest BCUT2D eigenvalue weighted by atomic mass is 9.98. The van der Waals surface area contributed by atoms with E-state index in [9.17, 15) is 4.39 Å². The van der Waals surface area contributed by atoms with Gasteiger partial charge in [-0.2, -0.15) is 5.10 Å². The maximum absolute atomic E-state index is 14.4. The predicted molar refractivity (Wildman–Crippen MR) is 101 cm³/mol. The van der Waals surface area contributed by atoms with Crippen molar-refractivity contribution in [2.45, 2.75) is 12.5 Å². The zero-order chi connectivity index (χ0) is 17.2. The Kier molecular flexibility index (Phi) is 4.24. The third-order valence-electron chi connectivity index (χ3n) is 4.37. The number of benzene rings is 3. The van der Waals surface area contributed by atoms with Crippen molar-refractivity contribution in [2.75, 3.05) is 5.01 Å². The van der Waals surface area contributed by atoms with Crippen LogP contribution in [-0.2, 0) is 0 Å². The Hall–Kier alpha value is -2.65. The standard InChI is InChI=1S/C21H16ClFN2/c22-16-12-10-15(11-13-16)20-14-21(18-8-4-5-9-19(18)23)25(24-20)17-6-2-1-3-7-17/h1-13,21H,14H2/t21-/m1/s1. The minimum absolute atomic E-state index is 0.172. The Labute approximate surface area is 151 Å². The maximum Gasteiger partial charge on any atom is 0.128 e. The Morgan fingerprint density at radius 1 is 0.880 bits per heavy atom. The molecule has 124 valence electrons. The molecule has 0 N–H and O–H groups in total. The largest absolute Gasteiger partial charge is 0.257 e. The van der Waals surface area contributed by atoms with Gasteiger partial charge in [0.05, 0.1) is 17.4 Å². The van der Waals surface area contributed by atoms with Crippen molar-refractivity contribution in [1.82, 2.24) is 0 Å². The Balaban J connectivity index is 1.77. The zero-order valence-corrected chi connectivity index (χ0v) is 14.2. The van der Waals surface area contributed by atoms with Crippen LogP contribution in [0.15, 0.2) is 84.0 Å². The third kappa shape index (κ3) is 3.15. The van der Waals surface area contributed by atoms with E-state index in [1.165, 1.54) is 6.07 Å². The fraction of sp³-hybridized carbons (Fsp3) is 0.0952. The number of hydrazone groups is 1. The molecule has 0 bridgehead atoms. The van der Waals surface area contributed by atoms with Crippen LogP contribution < -0.4 is 5.01 Å². The van der Waals surface area contributed by atoms with Crippen molar-refractivity contribution in [2.24, 2.45) is 5.10 Å². The van der Waals surface area contributed by atoms with Crippen molar-refractivity contribution >= 4 is 23.0 Å². The summed E-state index contributed by atoms with van der Waals surface area (Å²) in [4.78, 5) is 0. The number of halogens is 2. The third-order valence-corrected chi connectivity index (χ3v) is 4.62. The van der Waals surface area contributed by atoms with E-state index in [0.717, 1.165) is 17.0 Å². The van der Waals surface area contributed by atoms with Gasteiger partial charge in [-0.3, -0.25) is 5.01 Å². The number of rotatable bonds is 3. The summed E-state index contributed by atoms with van der Waals surface area (Å²) in [6.45, 7) is 0. The summed E-state index contributed by atoms with van der Waals surface area (Å²) in [7, 11) is 0. The molecule has 3 aromatic rings. The minimum atomic E-state index is -0.207. The Morgan fingerprint density at radius 3 is 2.28 bits per heavy atom. The van der Waals surface area contributed by atoms with Crippen molar-refractivity contribution in [3.05, 3.63) is 101 Å². The second kappa shape index (κ2) is 6.69. The van der Waals surface area contributed by atoms with Gasteiger partial charge in [-0.25, -0.2) is 4.39 Å². The Morgan fingerprint density at radius 2 is 1.56 bits per heavy atom. The molecule has 3 aromatic carbocycles. The second-order valence-electron chi connectivity index (χ2n) is 5.98. The summed E-state index contributed by atoms with van der Waals surface area (Å²) < 4.78 is 14.4. The number of hydrogen-bond donors (Lipinski definition) is 0. The Bertz CT molecular complexity index is 907. The van der Waals surface area contributed by atoms with Crippen LogP contribution in [0.25, 0.3) is 0 Å². The van der Waals surface area contributed by atoms with Gasteiger partial charge in [0.2, 0.25) is 0 Å². The van der Waals surface area contributed by atoms with Gasteiger partial charge < -0.3 is 0 Å². The van der Waals surface area contributed by atoms with E-state index in [4.69, 9.17) is 16.7 Å². The van der Waals surface area contributed by atoms with E-state index >= 15 is 0 Å². The fourth-order valence-electron chi connectivity index (χ4n) is 3.13. The molecule has 25 heavy (non-hydrogen) atoms. The first-order chi connectivity index (χ1) is 12.2. The van der Waals surface area contributed by atoms with Crippen LogP contribution in [0.1, 0.15) is 23.6 Å². The van der Waals surface area contributed by atoms with Crippen molar-refractivity contribution in [1.29, 1.82) is 0 Å². The van der Waals surface area contributed by atoms with E-state index in [0.29, 0.717) is 17.0 Å². The molecule has 0 fully saturated rings. The zero-order valence-electron chi connectivity index (χ0n) is 13.4. The van der Waals surface area contributed by atoms with Gasteiger partial charge in [0, 0.05) is 17.0 Å². The molecule has 0 saturated heterocycles. The first kappa shape index (κ1) is 15.9. The molecule has 0 aromatic heterocycles. The van der Waals surface area contributed by atoms with Gasteiger partial charge in [-0.05, 0) is 35.9 Å². The first-order valence-corrected chi connectivity index (χ1v) is 8.52. The SMILES string of the molecule is Fc1ccccc1[C@H]1CC(c2ccc(Cl)cc2)=NN1c1ccccc1. The summed E-state index contributed by atoms with van der Waals surface area (Å²) >= 11 is 5.99. The molecule has 4 rings (SSSR count). The highest BCUT2D eigenvalue weighted by Crippen LogP contribution is 2.37. The molecule has 0 spiro atoms. The number of hydrogen-bond acceptors (Lipinski definition) is 2. The molecule has 0 amide bonds. The van der Waals surface area contributed by atoms with E-state index in [-0.39, 0.29) is 11.9 Å². The lowest BCUT2D eigenvalue weighted by Crippen LogP contribution is -2.19. The van der Waals surface area contributed by atoms with Gasteiger partial charge in [0.15, 0.2) is 0 Å². The van der Waals surface area contributed by atoms with Gasteiger partial charge >= 0.3 is 0 Å². The molecule has 1 aliphatic heterocycles. The molecular weight excluding hydrogens is 335 g/mol. The minimum Gasteiger partial charge on any atom is -0.257 e. The smallest absolute Gasteiger partial charge is 0.128 e. The van der Waals surface area contributed by atoms with Crippen molar-refractivity contribution in [3.8, 4) is 0 Å². The normalized spacial score (nSPS) is 16.8. The van der Waals surface area contributed by atoms with E-state index < -0.39 is 0 Å². The van der Waals surface area contributed by atoms with E-state index in [1.54, 1.807) is 6.07 Å². The van der Waals surface area contributed by atoms with Crippen molar-refractivity contribution in [3.63, 3.8) is 0 Å². The topological polar surface area (TPSA) is 15.6 Å². The average Bonchev–Trinajstić information content (AvgIpc) is 3.08. The molecule has 1 aliphatic rings. The van der Waals surface area contributed by atoms with E-state index in [1.807, 2.05) is 71.7 Å². The number of anilines is 1. The van der Waals surface area contributed by atoms with Crippen LogP contribution in [0.4, 0.5) is 10.1 Å². The van der Waals surface area contributed by atoms with Gasteiger partial charge in [0.1, 0.15) is 5.82 Å². The quantitative estimate of drug-likeness (QED) is 0.579. The van der Waals surface area contributed by atoms with Crippen LogP contribution in [0, 0.1) is 5.82 Å². The molecule has 0 aliphatic carbocycles. The predicted octanol–water partition coefficient (Wildman–Crippen LogP) is 5.83. The molecule has 0 unspecified atom stereocenters. The number of para-hydroxylation sites is 1. The molecule has 1 atom stereocenters. The molecule has 4 heteroatoms. The summed E-state index contributed by atoms with van der Waals surface area (Å²) in [5.74, 6) is -0.207. The highest BCUT2D eigenvalue weighted by molar-refractivity contribution is 6.30. The summed E-state index contributed by atoms with van der Waals surface area (Å²) in [6.07, 6.45) is 0.636. The second-order valence-corrected chi connectivity index (χ2v) is 6.41. The highest BCUT2D eigenvalue weighted by atomic mass is 35.5. The number of nitrogens with zero attached hydrogens (tertiary/aromatic N) is 2. The van der Waals surface area contributed by atoms with Gasteiger partial charge in [-0.1, -0.05) is 60.1 Å². The lowest BCUT2D eigenvalue weighted by Gasteiger charge is -2.24. The molecule has 0 saturated carbocycles. The molecule has 0 radical (unpaired) electrons. The van der Waals surface area contributed by atoms with Crippen LogP contribution in [0.2, 0.25) is 5.02 Å². The fourth-order valence-corrected chi connectivity index (χ4v) is 3.26. The average molecular weight is 351 g/mol. The summed E-state index contributed by atoms with van der Waals surface area (Å²) in [5.41, 5.74) is 3.52. The maximum atomic E-state index is 14.4. The molecule has 2 nitrogen and oxygen atoms in total. The van der Waals surface area contributed by atoms with Gasteiger partial charge in [-0.15, -0.1) is 0 Å². The monoisotopic (exact) mass is 350 g/mol. The summed E-state index contributed by atoms with van der Waals surface area (Å²) in [5, 5.41) is 7.39. The van der Waals surface area contributed by atoms with Crippen LogP contribution in [0.3, 0.4) is 0 Å². The van der Waals surface area contributed by atoms with Gasteiger partial charge in [0.25, 0.3) is 0 Å². The summed E-state index contributed by atoms with van der Waals surface area (Å²) in [6, 6.07) is 24.2. The lowest BCUT2D eigenvalue weighted by molar-refractivity contribution is 0.579. The van der Waals surface area contributed by atoms with Crippen molar-refractivity contribution < 1.29 is 4.39 Å². The van der Waals surface area contributed by atoms with E-state index in [2.05, 4.69) is 0 Å². The highest BCUT2D eigenvalue weighted by Gasteiger charge is 2.31. The first-order valence-electron chi connectivity index (χ1n) is 8.14. The van der Waals surface area contributed by atoms with Crippen LogP contribution in [0.5, 0.6) is 0 Å². The van der Waals surface area contributed by atoms with Crippen LogP contribution >= 0.6 is 11.6 Å².